The zero-order valence-corrected chi connectivity index (χ0v) is 17.5. The van der Waals surface area contributed by atoms with E-state index in [2.05, 4.69) is 15.6 Å². The number of rotatable bonds is 4. The third-order valence-electron chi connectivity index (χ3n) is 5.36. The van der Waals surface area contributed by atoms with E-state index in [0.717, 1.165) is 27.9 Å². The molecule has 1 aliphatic rings. The number of benzodiazepines with no additional fused rings is 1. The van der Waals surface area contributed by atoms with Crippen molar-refractivity contribution in [2.75, 3.05) is 11.9 Å². The number of anilines is 1. The average molecular weight is 412 g/mol. The number of fused-ring (bicyclic) bond motifs is 1. The zero-order chi connectivity index (χ0) is 21.8. The lowest BCUT2D eigenvalue weighted by molar-refractivity contribution is -0.119. The van der Waals surface area contributed by atoms with Gasteiger partial charge in [0.2, 0.25) is 6.17 Å². The van der Waals surface area contributed by atoms with Crippen LogP contribution in [0.3, 0.4) is 0 Å². The topological polar surface area (TPSA) is 73.8 Å². The Balaban J connectivity index is 1.62. The number of nitrogens with zero attached hydrogens (tertiary/aromatic N) is 2. The van der Waals surface area contributed by atoms with Crippen LogP contribution in [0.15, 0.2) is 83.9 Å². The number of hydrogen-bond donors (Lipinski definition) is 2. The van der Waals surface area contributed by atoms with E-state index in [0.29, 0.717) is 12.3 Å². The Hall–Kier alpha value is -3.93. The Bertz CT molecular complexity index is 1140. The molecule has 2 N–H and O–H groups in total. The molecule has 1 atom stereocenters. The zero-order valence-electron chi connectivity index (χ0n) is 17.5. The molecule has 0 aromatic heterocycles. The van der Waals surface area contributed by atoms with E-state index in [1.165, 1.54) is 0 Å². The molecular formula is C25H24N4O2. The summed E-state index contributed by atoms with van der Waals surface area (Å²) < 4.78 is 0. The van der Waals surface area contributed by atoms with Gasteiger partial charge in [-0.15, -0.1) is 0 Å². The van der Waals surface area contributed by atoms with Gasteiger partial charge in [-0.1, -0.05) is 72.8 Å². The highest BCUT2D eigenvalue weighted by atomic mass is 16.2. The quantitative estimate of drug-likeness (QED) is 0.687. The molecule has 4 rings (SSSR count). The van der Waals surface area contributed by atoms with E-state index in [1.54, 1.807) is 11.9 Å². The van der Waals surface area contributed by atoms with E-state index in [1.807, 2.05) is 85.8 Å². The number of nitrogens with one attached hydrogen (secondary N) is 2. The minimum absolute atomic E-state index is 0.301. The molecule has 3 aromatic rings. The highest BCUT2D eigenvalue weighted by molar-refractivity contribution is 6.20. The molecule has 1 aliphatic heterocycles. The normalized spacial score (nSPS) is 15.5. The smallest absolute Gasteiger partial charge is 0.317 e. The summed E-state index contributed by atoms with van der Waals surface area (Å²) in [5.41, 5.74) is 5.24. The van der Waals surface area contributed by atoms with Gasteiger partial charge >= 0.3 is 6.03 Å². The fourth-order valence-electron chi connectivity index (χ4n) is 3.60. The van der Waals surface area contributed by atoms with Crippen LogP contribution in [-0.4, -0.2) is 30.9 Å². The van der Waals surface area contributed by atoms with Crippen LogP contribution in [0.4, 0.5) is 10.5 Å². The first-order valence-electron chi connectivity index (χ1n) is 10.1. The van der Waals surface area contributed by atoms with Crippen LogP contribution in [-0.2, 0) is 11.3 Å². The number of carbonyl (C=O) groups excluding carboxylic acids is 2. The molecule has 31 heavy (non-hydrogen) atoms. The molecule has 6 nitrogen and oxygen atoms in total. The summed E-state index contributed by atoms with van der Waals surface area (Å²) in [6.45, 7) is 2.36. The van der Waals surface area contributed by atoms with E-state index in [-0.39, 0.29) is 5.91 Å². The fraction of sp³-hybridized carbons (Fsp3) is 0.160. The van der Waals surface area contributed by atoms with Crippen molar-refractivity contribution < 1.29 is 9.59 Å². The second-order valence-corrected chi connectivity index (χ2v) is 7.41. The SMILES string of the molecule is Cc1ccccc1CNC(=O)N[C@@H]1N=C(c2ccccc2)c2ccccc2N(C)C1=O. The van der Waals surface area contributed by atoms with Crippen LogP contribution >= 0.6 is 0 Å². The van der Waals surface area contributed by atoms with Crippen molar-refractivity contribution in [3.63, 3.8) is 0 Å². The summed E-state index contributed by atoms with van der Waals surface area (Å²) in [7, 11) is 1.70. The molecule has 156 valence electrons. The minimum atomic E-state index is -1.04. The van der Waals surface area contributed by atoms with Crippen molar-refractivity contribution in [2.45, 2.75) is 19.6 Å². The highest BCUT2D eigenvalue weighted by Crippen LogP contribution is 2.27. The summed E-state index contributed by atoms with van der Waals surface area (Å²) in [5.74, 6) is -0.301. The molecule has 0 spiro atoms. The van der Waals surface area contributed by atoms with Crippen molar-refractivity contribution in [1.82, 2.24) is 10.6 Å². The number of para-hydroxylation sites is 1. The minimum Gasteiger partial charge on any atom is -0.334 e. The van der Waals surface area contributed by atoms with Gasteiger partial charge in [-0.05, 0) is 24.1 Å². The van der Waals surface area contributed by atoms with Gasteiger partial charge in [0.15, 0.2) is 0 Å². The van der Waals surface area contributed by atoms with Crippen LogP contribution < -0.4 is 15.5 Å². The number of likely N-dealkylation sites (N-methyl/N-ethyl adjacent to an activating group) is 1. The number of hydrogen-bond acceptors (Lipinski definition) is 3. The maximum Gasteiger partial charge on any atom is 0.317 e. The summed E-state index contributed by atoms with van der Waals surface area (Å²) in [6.07, 6.45) is -1.04. The van der Waals surface area contributed by atoms with Crippen molar-refractivity contribution in [3.05, 3.63) is 101 Å². The maximum atomic E-state index is 13.1. The van der Waals surface area contributed by atoms with Crippen LogP contribution in [0.5, 0.6) is 0 Å². The third-order valence-corrected chi connectivity index (χ3v) is 5.36. The van der Waals surface area contributed by atoms with E-state index in [4.69, 9.17) is 0 Å². The second kappa shape index (κ2) is 8.83. The Kier molecular flexibility index (Phi) is 5.80. The van der Waals surface area contributed by atoms with E-state index < -0.39 is 12.2 Å². The van der Waals surface area contributed by atoms with Crippen LogP contribution in [0.25, 0.3) is 0 Å². The van der Waals surface area contributed by atoms with Gasteiger partial charge in [0, 0.05) is 24.7 Å². The first-order valence-corrected chi connectivity index (χ1v) is 10.1. The lowest BCUT2D eigenvalue weighted by Gasteiger charge is -2.21. The first kappa shape index (κ1) is 20.3. The highest BCUT2D eigenvalue weighted by Gasteiger charge is 2.30. The molecule has 6 heteroatoms. The second-order valence-electron chi connectivity index (χ2n) is 7.41. The molecule has 0 radical (unpaired) electrons. The van der Waals surface area contributed by atoms with Crippen molar-refractivity contribution in [2.24, 2.45) is 4.99 Å². The molecule has 0 saturated carbocycles. The predicted octanol–water partition coefficient (Wildman–Crippen LogP) is 3.63. The number of carbonyl (C=O) groups is 2. The monoisotopic (exact) mass is 412 g/mol. The molecular weight excluding hydrogens is 388 g/mol. The van der Waals surface area contributed by atoms with Gasteiger partial charge in [0.1, 0.15) is 0 Å². The lowest BCUT2D eigenvalue weighted by Crippen LogP contribution is -2.49. The summed E-state index contributed by atoms with van der Waals surface area (Å²) in [5, 5.41) is 5.56. The van der Waals surface area contributed by atoms with Crippen LogP contribution in [0.1, 0.15) is 22.3 Å². The van der Waals surface area contributed by atoms with E-state index in [9.17, 15) is 9.59 Å². The predicted molar refractivity (Wildman–Crippen MR) is 122 cm³/mol. The molecule has 0 aliphatic carbocycles. The standard InChI is InChI=1S/C25H24N4O2/c1-17-10-6-7-13-19(17)16-26-25(31)28-23-24(30)29(2)21-15-9-8-14-20(21)22(27-23)18-11-4-3-5-12-18/h3-15,23H,16H2,1-2H3,(H2,26,28,31)/t23-/m0/s1. The van der Waals surface area contributed by atoms with Gasteiger partial charge in [-0.2, -0.15) is 0 Å². The fourth-order valence-corrected chi connectivity index (χ4v) is 3.60. The number of aryl methyl sites for hydroxylation is 1. The van der Waals surface area contributed by atoms with Crippen molar-refractivity contribution >= 4 is 23.3 Å². The molecule has 0 bridgehead atoms. The molecule has 0 fully saturated rings. The summed E-state index contributed by atoms with van der Waals surface area (Å²) >= 11 is 0. The number of amides is 3. The maximum absolute atomic E-state index is 13.1. The summed E-state index contributed by atoms with van der Waals surface area (Å²) in [6, 6.07) is 24.7. The van der Waals surface area contributed by atoms with Crippen LogP contribution in [0, 0.1) is 6.92 Å². The van der Waals surface area contributed by atoms with Crippen molar-refractivity contribution in [3.8, 4) is 0 Å². The molecule has 0 saturated heterocycles. The van der Waals surface area contributed by atoms with Crippen LogP contribution in [0.2, 0.25) is 0 Å². The lowest BCUT2D eigenvalue weighted by atomic mass is 10.0. The van der Waals surface area contributed by atoms with Gasteiger partial charge in [-0.3, -0.25) is 4.79 Å². The molecule has 0 unspecified atom stereocenters. The number of benzene rings is 3. The number of urea groups is 1. The van der Waals surface area contributed by atoms with Gasteiger partial charge < -0.3 is 15.5 Å². The third kappa shape index (κ3) is 4.33. The Morgan fingerprint density at radius 1 is 0.968 bits per heavy atom. The summed E-state index contributed by atoms with van der Waals surface area (Å²) in [4.78, 5) is 32.0. The Morgan fingerprint density at radius 3 is 2.42 bits per heavy atom. The molecule has 3 amide bonds. The van der Waals surface area contributed by atoms with Gasteiger partial charge in [0.05, 0.1) is 11.4 Å². The van der Waals surface area contributed by atoms with Gasteiger partial charge in [0.25, 0.3) is 5.91 Å². The molecule has 3 aromatic carbocycles. The Morgan fingerprint density at radius 2 is 1.65 bits per heavy atom. The van der Waals surface area contributed by atoms with E-state index >= 15 is 0 Å². The first-order chi connectivity index (χ1) is 15.0. The number of aliphatic imine (C=N–C) groups is 1. The largest absolute Gasteiger partial charge is 0.334 e. The van der Waals surface area contributed by atoms with Crippen molar-refractivity contribution in [1.29, 1.82) is 0 Å². The average Bonchev–Trinajstić information content (AvgIpc) is 2.90. The Labute approximate surface area is 181 Å². The molecule has 1 heterocycles. The van der Waals surface area contributed by atoms with Gasteiger partial charge in [-0.25, -0.2) is 9.79 Å².